The summed E-state index contributed by atoms with van der Waals surface area (Å²) in [4.78, 5) is 24.8. The van der Waals surface area contributed by atoms with E-state index in [4.69, 9.17) is 25.8 Å². The van der Waals surface area contributed by atoms with Crippen molar-refractivity contribution in [2.75, 3.05) is 7.11 Å². The number of benzene rings is 3. The summed E-state index contributed by atoms with van der Waals surface area (Å²) in [5, 5.41) is 4.47. The molecule has 0 aliphatic heterocycles. The van der Waals surface area contributed by atoms with E-state index in [-0.39, 0.29) is 5.75 Å². The van der Waals surface area contributed by atoms with Crippen molar-refractivity contribution in [3.05, 3.63) is 87.4 Å². The van der Waals surface area contributed by atoms with E-state index in [9.17, 15) is 9.59 Å². The molecule has 0 saturated heterocycles. The largest absolute Gasteiger partial charge is 0.497 e. The Kier molecular flexibility index (Phi) is 8.46. The summed E-state index contributed by atoms with van der Waals surface area (Å²) in [6.07, 6.45) is 0.571. The SMILES string of the molecule is COc1ccc(C(=O)Oc2ccc(Br)cc2/C=N/NC(=O)C(C)Oc2cccc(Cl)c2)cc1. The number of esters is 1. The van der Waals surface area contributed by atoms with Gasteiger partial charge < -0.3 is 14.2 Å². The molecule has 1 amide bonds. The number of nitrogens with one attached hydrogen (secondary N) is 1. The zero-order chi connectivity index (χ0) is 23.8. The monoisotopic (exact) mass is 530 g/mol. The van der Waals surface area contributed by atoms with Gasteiger partial charge in [0.05, 0.1) is 18.9 Å². The molecule has 0 saturated carbocycles. The Morgan fingerprint density at radius 3 is 2.52 bits per heavy atom. The Bertz CT molecular complexity index is 1170. The smallest absolute Gasteiger partial charge is 0.343 e. The number of methoxy groups -OCH3 is 1. The Balaban J connectivity index is 1.65. The fourth-order valence-corrected chi connectivity index (χ4v) is 3.21. The van der Waals surface area contributed by atoms with Gasteiger partial charge >= 0.3 is 5.97 Å². The van der Waals surface area contributed by atoms with Gasteiger partial charge in [0.1, 0.15) is 17.2 Å². The van der Waals surface area contributed by atoms with Gasteiger partial charge in [0.25, 0.3) is 5.91 Å². The van der Waals surface area contributed by atoms with Gasteiger partial charge in [-0.25, -0.2) is 10.2 Å². The van der Waals surface area contributed by atoms with Gasteiger partial charge in [-0.3, -0.25) is 4.79 Å². The minimum atomic E-state index is -0.810. The second kappa shape index (κ2) is 11.5. The van der Waals surface area contributed by atoms with Gasteiger partial charge in [-0.1, -0.05) is 33.6 Å². The number of hydrogen-bond donors (Lipinski definition) is 1. The Labute approximate surface area is 204 Å². The number of nitrogens with zero attached hydrogens (tertiary/aromatic N) is 1. The Morgan fingerprint density at radius 2 is 1.82 bits per heavy atom. The lowest BCUT2D eigenvalue weighted by Crippen LogP contribution is -2.33. The van der Waals surface area contributed by atoms with Crippen LogP contribution in [0.25, 0.3) is 0 Å². The molecule has 170 valence electrons. The molecule has 3 rings (SSSR count). The molecule has 0 aliphatic rings. The Hall–Kier alpha value is -3.36. The second-order valence-electron chi connectivity index (χ2n) is 6.75. The van der Waals surface area contributed by atoms with E-state index in [1.54, 1.807) is 80.8 Å². The van der Waals surface area contributed by atoms with Gasteiger partial charge in [-0.05, 0) is 67.6 Å². The number of rotatable bonds is 8. The van der Waals surface area contributed by atoms with Crippen LogP contribution in [0.2, 0.25) is 5.02 Å². The minimum Gasteiger partial charge on any atom is -0.497 e. The van der Waals surface area contributed by atoms with Gasteiger partial charge in [-0.15, -0.1) is 0 Å². The third-order valence-corrected chi connectivity index (χ3v) is 5.09. The van der Waals surface area contributed by atoms with Crippen LogP contribution in [0.3, 0.4) is 0 Å². The minimum absolute atomic E-state index is 0.278. The van der Waals surface area contributed by atoms with Crippen LogP contribution in [0.4, 0.5) is 0 Å². The lowest BCUT2D eigenvalue weighted by molar-refractivity contribution is -0.127. The van der Waals surface area contributed by atoms with Crippen LogP contribution in [-0.4, -0.2) is 31.3 Å². The van der Waals surface area contributed by atoms with Gasteiger partial charge in [0.2, 0.25) is 0 Å². The lowest BCUT2D eigenvalue weighted by atomic mass is 10.2. The molecular formula is C24H20BrClN2O5. The first kappa shape index (κ1) is 24.3. The first-order valence-electron chi connectivity index (χ1n) is 9.76. The van der Waals surface area contributed by atoms with Crippen LogP contribution in [0.15, 0.2) is 76.3 Å². The van der Waals surface area contributed by atoms with Crippen molar-refractivity contribution in [1.82, 2.24) is 5.43 Å². The third-order valence-electron chi connectivity index (χ3n) is 4.36. The van der Waals surface area contributed by atoms with Crippen molar-refractivity contribution in [3.63, 3.8) is 0 Å². The lowest BCUT2D eigenvalue weighted by Gasteiger charge is -2.13. The third kappa shape index (κ3) is 7.06. The maximum absolute atomic E-state index is 12.5. The van der Waals surface area contributed by atoms with Crippen molar-refractivity contribution in [3.8, 4) is 17.2 Å². The van der Waals surface area contributed by atoms with E-state index in [1.807, 2.05) is 0 Å². The highest BCUT2D eigenvalue weighted by Crippen LogP contribution is 2.23. The van der Waals surface area contributed by atoms with Crippen molar-refractivity contribution in [2.45, 2.75) is 13.0 Å². The van der Waals surface area contributed by atoms with Crippen LogP contribution >= 0.6 is 27.5 Å². The van der Waals surface area contributed by atoms with Gasteiger partial charge in [0, 0.05) is 15.1 Å². The molecule has 3 aromatic rings. The molecule has 1 atom stereocenters. The molecule has 1 unspecified atom stereocenters. The zero-order valence-corrected chi connectivity index (χ0v) is 20.1. The number of ether oxygens (including phenoxy) is 3. The highest BCUT2D eigenvalue weighted by atomic mass is 79.9. The maximum atomic E-state index is 12.5. The average Bonchev–Trinajstić information content (AvgIpc) is 2.80. The summed E-state index contributed by atoms with van der Waals surface area (Å²) in [7, 11) is 1.55. The predicted octanol–water partition coefficient (Wildman–Crippen LogP) is 5.25. The van der Waals surface area contributed by atoms with Crippen LogP contribution in [-0.2, 0) is 4.79 Å². The summed E-state index contributed by atoms with van der Waals surface area (Å²) in [6, 6.07) is 18.4. The molecule has 1 N–H and O–H groups in total. The molecule has 3 aromatic carbocycles. The van der Waals surface area contributed by atoms with E-state index < -0.39 is 18.0 Å². The molecule has 0 aromatic heterocycles. The average molecular weight is 532 g/mol. The van der Waals surface area contributed by atoms with E-state index in [0.29, 0.717) is 27.6 Å². The molecule has 7 nitrogen and oxygen atoms in total. The normalized spacial score (nSPS) is 11.6. The number of amides is 1. The summed E-state index contributed by atoms with van der Waals surface area (Å²) in [5.74, 6) is 0.377. The summed E-state index contributed by atoms with van der Waals surface area (Å²) >= 11 is 9.30. The molecule has 0 radical (unpaired) electrons. The summed E-state index contributed by atoms with van der Waals surface area (Å²) < 4.78 is 16.9. The number of carbonyl (C=O) groups excluding carboxylic acids is 2. The van der Waals surface area contributed by atoms with Crippen molar-refractivity contribution < 1.29 is 23.8 Å². The van der Waals surface area contributed by atoms with E-state index in [1.165, 1.54) is 6.21 Å². The number of hydrazone groups is 1. The van der Waals surface area contributed by atoms with E-state index in [2.05, 4.69) is 26.5 Å². The van der Waals surface area contributed by atoms with Crippen LogP contribution in [0, 0.1) is 0 Å². The first-order valence-corrected chi connectivity index (χ1v) is 10.9. The number of halogens is 2. The Morgan fingerprint density at radius 1 is 1.06 bits per heavy atom. The first-order chi connectivity index (χ1) is 15.9. The van der Waals surface area contributed by atoms with Crippen molar-refractivity contribution in [2.24, 2.45) is 5.10 Å². The van der Waals surface area contributed by atoms with E-state index in [0.717, 1.165) is 4.47 Å². The van der Waals surface area contributed by atoms with Gasteiger partial charge in [-0.2, -0.15) is 5.10 Å². The van der Waals surface area contributed by atoms with Crippen LogP contribution in [0.5, 0.6) is 17.2 Å². The molecular weight excluding hydrogens is 512 g/mol. The fraction of sp³-hybridized carbons (Fsp3) is 0.125. The second-order valence-corrected chi connectivity index (χ2v) is 8.10. The topological polar surface area (TPSA) is 86.2 Å². The number of hydrogen-bond acceptors (Lipinski definition) is 6. The van der Waals surface area contributed by atoms with E-state index >= 15 is 0 Å². The van der Waals surface area contributed by atoms with Crippen molar-refractivity contribution in [1.29, 1.82) is 0 Å². The summed E-state index contributed by atoms with van der Waals surface area (Å²) in [5.41, 5.74) is 3.26. The summed E-state index contributed by atoms with van der Waals surface area (Å²) in [6.45, 7) is 1.59. The highest BCUT2D eigenvalue weighted by Gasteiger charge is 2.15. The zero-order valence-electron chi connectivity index (χ0n) is 17.7. The van der Waals surface area contributed by atoms with Crippen molar-refractivity contribution >= 4 is 45.6 Å². The molecule has 33 heavy (non-hydrogen) atoms. The van der Waals surface area contributed by atoms with Gasteiger partial charge in [0.15, 0.2) is 6.10 Å². The standard InChI is InChI=1S/C24H20BrClN2O5/c1-15(32-21-5-3-4-19(26)13-21)23(29)28-27-14-17-12-18(25)8-11-22(17)33-24(30)16-6-9-20(31-2)10-7-16/h3-15H,1-2H3,(H,28,29)/b27-14+. The molecule has 0 heterocycles. The molecule has 9 heteroatoms. The maximum Gasteiger partial charge on any atom is 0.343 e. The molecule has 0 aliphatic carbocycles. The molecule has 0 fully saturated rings. The quantitative estimate of drug-likeness (QED) is 0.186. The van der Waals surface area contributed by atoms with Crippen LogP contribution < -0.4 is 19.6 Å². The number of carbonyl (C=O) groups is 2. The highest BCUT2D eigenvalue weighted by molar-refractivity contribution is 9.10. The van der Waals surface area contributed by atoms with Crippen LogP contribution in [0.1, 0.15) is 22.8 Å². The fourth-order valence-electron chi connectivity index (χ4n) is 2.65. The molecule has 0 spiro atoms. The predicted molar refractivity (Wildman–Crippen MR) is 129 cm³/mol. The molecule has 0 bridgehead atoms.